The Morgan fingerprint density at radius 2 is 2.04 bits per heavy atom. The predicted molar refractivity (Wildman–Crippen MR) is 106 cm³/mol. The third-order valence-electron chi connectivity index (χ3n) is 3.80. The lowest BCUT2D eigenvalue weighted by atomic mass is 10.2. The number of hydrogen-bond acceptors (Lipinski definition) is 5. The van der Waals surface area contributed by atoms with Crippen LogP contribution in [0, 0.1) is 0 Å². The molecule has 0 spiro atoms. The Morgan fingerprint density at radius 1 is 1.19 bits per heavy atom. The highest BCUT2D eigenvalue weighted by molar-refractivity contribution is 5.93. The largest absolute Gasteiger partial charge is 0.493 e. The zero-order valence-electron chi connectivity index (χ0n) is 16.1. The summed E-state index contributed by atoms with van der Waals surface area (Å²) in [5.74, 6) is 1.31. The number of benzene rings is 1. The fourth-order valence-corrected chi connectivity index (χ4v) is 2.34. The van der Waals surface area contributed by atoms with Gasteiger partial charge in [0.05, 0.1) is 12.7 Å². The number of amides is 1. The Kier molecular flexibility index (Phi) is 8.32. The first-order valence-electron chi connectivity index (χ1n) is 8.92. The van der Waals surface area contributed by atoms with Crippen molar-refractivity contribution in [2.24, 2.45) is 0 Å². The van der Waals surface area contributed by atoms with E-state index in [0.717, 1.165) is 11.3 Å². The smallest absolute Gasteiger partial charge is 0.252 e. The topological polar surface area (TPSA) is 72.5 Å². The molecule has 1 amide bonds. The number of ether oxygens (including phenoxy) is 2. The van der Waals surface area contributed by atoms with Crippen molar-refractivity contribution in [3.63, 3.8) is 0 Å². The van der Waals surface area contributed by atoms with E-state index in [9.17, 15) is 4.79 Å². The van der Waals surface area contributed by atoms with Crippen LogP contribution in [0.2, 0.25) is 0 Å². The number of nitrogens with zero attached hydrogens (tertiary/aromatic N) is 1. The second-order valence-electron chi connectivity index (χ2n) is 6.25. The molecular weight excluding hydrogens is 342 g/mol. The van der Waals surface area contributed by atoms with Gasteiger partial charge in [0.15, 0.2) is 11.5 Å². The fourth-order valence-electron chi connectivity index (χ4n) is 2.34. The van der Waals surface area contributed by atoms with Crippen molar-refractivity contribution in [2.45, 2.75) is 20.4 Å². The molecule has 6 heteroatoms. The minimum absolute atomic E-state index is 0.121. The van der Waals surface area contributed by atoms with Gasteiger partial charge in [-0.05, 0) is 49.8 Å². The lowest BCUT2D eigenvalue weighted by Gasteiger charge is -2.12. The van der Waals surface area contributed by atoms with Crippen LogP contribution in [-0.4, -0.2) is 37.7 Å². The molecule has 0 radical (unpaired) electrons. The normalized spacial score (nSPS) is 10.2. The summed E-state index contributed by atoms with van der Waals surface area (Å²) in [6.45, 7) is 6.46. The van der Waals surface area contributed by atoms with E-state index >= 15 is 0 Å². The Bertz CT molecular complexity index is 757. The van der Waals surface area contributed by atoms with Crippen LogP contribution in [0.15, 0.2) is 54.4 Å². The van der Waals surface area contributed by atoms with Gasteiger partial charge in [-0.15, -0.1) is 0 Å². The number of carbonyl (C=O) groups is 1. The minimum atomic E-state index is -0.121. The first kappa shape index (κ1) is 20.5. The van der Waals surface area contributed by atoms with Crippen LogP contribution in [0.3, 0.4) is 0 Å². The van der Waals surface area contributed by atoms with E-state index < -0.39 is 0 Å². The molecule has 0 bridgehead atoms. The summed E-state index contributed by atoms with van der Waals surface area (Å²) in [6.07, 6.45) is 5.22. The molecule has 1 aromatic heterocycles. The molecule has 27 heavy (non-hydrogen) atoms. The zero-order valence-corrected chi connectivity index (χ0v) is 16.1. The molecule has 6 nitrogen and oxygen atoms in total. The number of carbonyl (C=O) groups excluding carboxylic acids is 1. The van der Waals surface area contributed by atoms with Gasteiger partial charge in [-0.3, -0.25) is 9.78 Å². The van der Waals surface area contributed by atoms with E-state index in [0.29, 0.717) is 37.6 Å². The quantitative estimate of drug-likeness (QED) is 0.498. The molecular formula is C21H27N3O3. The van der Waals surface area contributed by atoms with Gasteiger partial charge in [-0.25, -0.2) is 0 Å². The summed E-state index contributed by atoms with van der Waals surface area (Å²) in [5, 5.41) is 6.16. The third kappa shape index (κ3) is 7.11. The van der Waals surface area contributed by atoms with Crippen molar-refractivity contribution in [2.75, 3.05) is 26.8 Å². The van der Waals surface area contributed by atoms with E-state index in [1.165, 1.54) is 5.57 Å². The Morgan fingerprint density at radius 3 is 2.74 bits per heavy atom. The van der Waals surface area contributed by atoms with Crippen LogP contribution >= 0.6 is 0 Å². The fraction of sp³-hybridized carbons (Fsp3) is 0.333. The number of rotatable bonds is 10. The van der Waals surface area contributed by atoms with Crippen molar-refractivity contribution in [3.8, 4) is 11.5 Å². The average molecular weight is 369 g/mol. The summed E-state index contributed by atoms with van der Waals surface area (Å²) in [7, 11) is 1.63. The first-order chi connectivity index (χ1) is 13.1. The second-order valence-corrected chi connectivity index (χ2v) is 6.25. The second kappa shape index (κ2) is 11.0. The van der Waals surface area contributed by atoms with E-state index in [1.807, 2.05) is 38.1 Å². The van der Waals surface area contributed by atoms with Crippen LogP contribution in [-0.2, 0) is 6.54 Å². The lowest BCUT2D eigenvalue weighted by Crippen LogP contribution is -2.31. The predicted octanol–water partition coefficient (Wildman–Crippen LogP) is 2.95. The Balaban J connectivity index is 1.75. The van der Waals surface area contributed by atoms with Gasteiger partial charge < -0.3 is 20.1 Å². The Labute approximate surface area is 160 Å². The van der Waals surface area contributed by atoms with Gasteiger partial charge in [0, 0.05) is 32.0 Å². The van der Waals surface area contributed by atoms with Gasteiger partial charge in [-0.1, -0.05) is 11.6 Å². The molecule has 1 heterocycles. The van der Waals surface area contributed by atoms with Crippen molar-refractivity contribution in [3.05, 3.63) is 65.5 Å². The summed E-state index contributed by atoms with van der Waals surface area (Å²) >= 11 is 0. The van der Waals surface area contributed by atoms with Gasteiger partial charge >= 0.3 is 0 Å². The standard InChI is InChI=1S/C21H27N3O3/c1-16(2)8-12-27-19-7-6-17(13-20(19)26-3)14-23-10-11-24-21(25)18-5-4-9-22-15-18/h4-9,13,15,23H,10-12,14H2,1-3H3,(H,24,25). The molecule has 0 saturated carbocycles. The maximum absolute atomic E-state index is 11.9. The minimum Gasteiger partial charge on any atom is -0.493 e. The van der Waals surface area contributed by atoms with Crippen molar-refractivity contribution >= 4 is 5.91 Å². The summed E-state index contributed by atoms with van der Waals surface area (Å²) < 4.78 is 11.1. The number of pyridine rings is 1. The third-order valence-corrected chi connectivity index (χ3v) is 3.80. The molecule has 0 aliphatic rings. The number of aromatic nitrogens is 1. The Hall–Kier alpha value is -2.86. The van der Waals surface area contributed by atoms with Gasteiger partial charge in [0.25, 0.3) is 5.91 Å². The SMILES string of the molecule is COc1cc(CNCCNC(=O)c2cccnc2)ccc1OCC=C(C)C. The maximum Gasteiger partial charge on any atom is 0.252 e. The van der Waals surface area contributed by atoms with Crippen LogP contribution in [0.5, 0.6) is 11.5 Å². The number of methoxy groups -OCH3 is 1. The van der Waals surface area contributed by atoms with Gasteiger partial charge in [-0.2, -0.15) is 0 Å². The summed E-state index contributed by atoms with van der Waals surface area (Å²) in [5.41, 5.74) is 2.86. The highest BCUT2D eigenvalue weighted by Crippen LogP contribution is 2.28. The van der Waals surface area contributed by atoms with Crippen LogP contribution in [0.1, 0.15) is 29.8 Å². The van der Waals surface area contributed by atoms with Gasteiger partial charge in [0.1, 0.15) is 6.61 Å². The van der Waals surface area contributed by atoms with Crippen molar-refractivity contribution in [1.29, 1.82) is 0 Å². The summed E-state index contributed by atoms with van der Waals surface area (Å²) in [6, 6.07) is 9.36. The van der Waals surface area contributed by atoms with E-state index in [-0.39, 0.29) is 5.91 Å². The van der Waals surface area contributed by atoms with Crippen LogP contribution < -0.4 is 20.1 Å². The van der Waals surface area contributed by atoms with E-state index in [2.05, 4.69) is 15.6 Å². The lowest BCUT2D eigenvalue weighted by molar-refractivity contribution is 0.0953. The molecule has 0 saturated heterocycles. The van der Waals surface area contributed by atoms with Crippen LogP contribution in [0.4, 0.5) is 0 Å². The number of nitrogens with one attached hydrogen (secondary N) is 2. The molecule has 2 aromatic rings. The molecule has 2 rings (SSSR count). The molecule has 2 N–H and O–H groups in total. The molecule has 0 unspecified atom stereocenters. The zero-order chi connectivity index (χ0) is 19.5. The molecule has 0 aliphatic carbocycles. The monoisotopic (exact) mass is 369 g/mol. The number of hydrogen-bond donors (Lipinski definition) is 2. The van der Waals surface area contributed by atoms with Crippen LogP contribution in [0.25, 0.3) is 0 Å². The first-order valence-corrected chi connectivity index (χ1v) is 8.92. The maximum atomic E-state index is 11.9. The van der Waals surface area contributed by atoms with E-state index in [1.54, 1.807) is 31.6 Å². The van der Waals surface area contributed by atoms with Gasteiger partial charge in [0.2, 0.25) is 0 Å². The van der Waals surface area contributed by atoms with Crippen molar-refractivity contribution in [1.82, 2.24) is 15.6 Å². The molecule has 0 atom stereocenters. The number of allylic oxidation sites excluding steroid dienone is 1. The molecule has 0 aliphatic heterocycles. The van der Waals surface area contributed by atoms with Crippen molar-refractivity contribution < 1.29 is 14.3 Å². The van der Waals surface area contributed by atoms with E-state index in [4.69, 9.17) is 9.47 Å². The highest BCUT2D eigenvalue weighted by Gasteiger charge is 2.06. The average Bonchev–Trinajstić information content (AvgIpc) is 2.68. The molecule has 1 aromatic carbocycles. The summed E-state index contributed by atoms with van der Waals surface area (Å²) in [4.78, 5) is 15.9. The molecule has 0 fully saturated rings. The highest BCUT2D eigenvalue weighted by atomic mass is 16.5. The molecule has 144 valence electrons.